The molecule has 26 heavy (non-hydrogen) atoms. The maximum atomic E-state index is 13.9. The smallest absolute Gasteiger partial charge is 0.246 e. The molecule has 1 heterocycles. The van der Waals surface area contributed by atoms with Crippen molar-refractivity contribution < 1.29 is 22.0 Å². The Kier molecular flexibility index (Phi) is 5.33. The zero-order valence-electron chi connectivity index (χ0n) is 13.9. The summed E-state index contributed by atoms with van der Waals surface area (Å²) in [4.78, 5) is 11.9. The van der Waals surface area contributed by atoms with Gasteiger partial charge in [0.05, 0.1) is 5.92 Å². The van der Waals surface area contributed by atoms with Gasteiger partial charge in [-0.1, -0.05) is 18.2 Å². The highest BCUT2D eigenvalue weighted by Crippen LogP contribution is 2.26. The number of nitrogens with zero attached hydrogens (tertiary/aromatic N) is 1. The number of benzene rings is 2. The van der Waals surface area contributed by atoms with E-state index in [9.17, 15) is 22.0 Å². The summed E-state index contributed by atoms with van der Waals surface area (Å²) >= 11 is 0. The Morgan fingerprint density at radius 3 is 2.54 bits per heavy atom. The van der Waals surface area contributed by atoms with Crippen LogP contribution >= 0.6 is 0 Å². The molecule has 2 aromatic carbocycles. The summed E-state index contributed by atoms with van der Waals surface area (Å²) in [5, 5.41) is 2.76. The summed E-state index contributed by atoms with van der Waals surface area (Å²) in [5.41, 5.74) is 0.627. The van der Waals surface area contributed by atoms with E-state index in [2.05, 4.69) is 5.32 Å². The molecule has 0 spiro atoms. The van der Waals surface area contributed by atoms with Crippen LogP contribution in [0.25, 0.3) is 0 Å². The topological polar surface area (TPSA) is 66.5 Å². The van der Waals surface area contributed by atoms with Crippen molar-refractivity contribution in [1.82, 2.24) is 4.31 Å². The van der Waals surface area contributed by atoms with E-state index in [1.807, 2.05) is 6.07 Å². The number of para-hydroxylation sites is 1. The van der Waals surface area contributed by atoms with Crippen LogP contribution in [0.1, 0.15) is 12.8 Å². The fraction of sp³-hybridized carbons (Fsp3) is 0.278. The maximum Gasteiger partial charge on any atom is 0.246 e. The van der Waals surface area contributed by atoms with E-state index in [-0.39, 0.29) is 19.0 Å². The number of amides is 1. The molecule has 3 rings (SSSR count). The summed E-state index contributed by atoms with van der Waals surface area (Å²) < 4.78 is 53.4. The quantitative estimate of drug-likeness (QED) is 0.887. The van der Waals surface area contributed by atoms with Crippen LogP contribution in [-0.4, -0.2) is 31.7 Å². The van der Waals surface area contributed by atoms with E-state index in [4.69, 9.17) is 0 Å². The van der Waals surface area contributed by atoms with Gasteiger partial charge in [0.15, 0.2) is 0 Å². The molecule has 2 aromatic rings. The first-order valence-electron chi connectivity index (χ1n) is 8.19. The number of piperidine rings is 1. The predicted molar refractivity (Wildman–Crippen MR) is 92.9 cm³/mol. The minimum absolute atomic E-state index is 0.0438. The molecular formula is C18H18F2N2O3S. The molecule has 1 aliphatic rings. The summed E-state index contributed by atoms with van der Waals surface area (Å²) in [6.45, 7) is 0.145. The molecule has 1 unspecified atom stereocenters. The lowest BCUT2D eigenvalue weighted by Crippen LogP contribution is -2.43. The molecule has 1 amide bonds. The van der Waals surface area contributed by atoms with E-state index < -0.39 is 32.5 Å². The number of hydrogen-bond donors (Lipinski definition) is 1. The molecule has 1 atom stereocenters. The Morgan fingerprint density at radius 2 is 1.85 bits per heavy atom. The van der Waals surface area contributed by atoms with Crippen molar-refractivity contribution in [3.8, 4) is 0 Å². The van der Waals surface area contributed by atoms with Crippen LogP contribution < -0.4 is 5.32 Å². The van der Waals surface area contributed by atoms with Crippen molar-refractivity contribution in [3.05, 3.63) is 60.2 Å². The lowest BCUT2D eigenvalue weighted by Gasteiger charge is -2.31. The van der Waals surface area contributed by atoms with Crippen LogP contribution in [0, 0.1) is 17.6 Å². The van der Waals surface area contributed by atoms with E-state index in [0.717, 1.165) is 16.4 Å². The van der Waals surface area contributed by atoms with Gasteiger partial charge < -0.3 is 5.32 Å². The minimum Gasteiger partial charge on any atom is -0.326 e. The zero-order valence-corrected chi connectivity index (χ0v) is 14.7. The van der Waals surface area contributed by atoms with E-state index in [1.54, 1.807) is 24.3 Å². The molecule has 1 saturated heterocycles. The Bertz CT molecular complexity index is 904. The maximum absolute atomic E-state index is 13.9. The summed E-state index contributed by atoms with van der Waals surface area (Å²) in [6, 6.07) is 11.2. The first-order valence-corrected chi connectivity index (χ1v) is 9.63. The number of anilines is 1. The van der Waals surface area contributed by atoms with Gasteiger partial charge in [0.1, 0.15) is 16.5 Å². The average Bonchev–Trinajstić information content (AvgIpc) is 2.62. The van der Waals surface area contributed by atoms with Gasteiger partial charge >= 0.3 is 0 Å². The third-order valence-electron chi connectivity index (χ3n) is 4.31. The van der Waals surface area contributed by atoms with Gasteiger partial charge in [0.25, 0.3) is 0 Å². The van der Waals surface area contributed by atoms with Crippen molar-refractivity contribution in [2.24, 2.45) is 5.92 Å². The molecule has 0 aromatic heterocycles. The molecule has 8 heteroatoms. The molecule has 1 N–H and O–H groups in total. The van der Waals surface area contributed by atoms with Gasteiger partial charge in [-0.15, -0.1) is 0 Å². The Labute approximate surface area is 150 Å². The van der Waals surface area contributed by atoms with Crippen molar-refractivity contribution in [3.63, 3.8) is 0 Å². The average molecular weight is 380 g/mol. The number of carbonyl (C=O) groups is 1. The molecule has 0 radical (unpaired) electrons. The Hall–Kier alpha value is -2.32. The zero-order chi connectivity index (χ0) is 18.7. The standard InChI is InChI=1S/C18H18F2N2O3S/c19-14-8-9-17(16(20)11-14)26(24,25)22-10-4-5-13(12-22)18(23)21-15-6-2-1-3-7-15/h1-3,6-9,11,13H,4-5,10,12H2,(H,21,23). The Morgan fingerprint density at radius 1 is 1.12 bits per heavy atom. The van der Waals surface area contributed by atoms with Crippen molar-refractivity contribution in [1.29, 1.82) is 0 Å². The molecule has 0 saturated carbocycles. The van der Waals surface area contributed by atoms with E-state index >= 15 is 0 Å². The third-order valence-corrected chi connectivity index (χ3v) is 6.21. The van der Waals surface area contributed by atoms with Gasteiger partial charge in [-0.2, -0.15) is 4.31 Å². The van der Waals surface area contributed by atoms with Crippen LogP contribution in [-0.2, 0) is 14.8 Å². The van der Waals surface area contributed by atoms with Gasteiger partial charge in [-0.05, 0) is 37.1 Å². The SMILES string of the molecule is O=C(Nc1ccccc1)C1CCCN(S(=O)(=O)c2ccc(F)cc2F)C1. The summed E-state index contributed by atoms with van der Waals surface area (Å²) in [6.07, 6.45) is 1.02. The van der Waals surface area contributed by atoms with Crippen LogP contribution in [0.15, 0.2) is 53.4 Å². The molecular weight excluding hydrogens is 362 g/mol. The van der Waals surface area contributed by atoms with E-state index in [0.29, 0.717) is 24.6 Å². The second-order valence-corrected chi connectivity index (χ2v) is 8.04. The third kappa shape index (κ3) is 3.91. The highest BCUT2D eigenvalue weighted by molar-refractivity contribution is 7.89. The monoisotopic (exact) mass is 380 g/mol. The normalized spacial score (nSPS) is 18.5. The van der Waals surface area contributed by atoms with Crippen molar-refractivity contribution in [2.45, 2.75) is 17.7 Å². The second-order valence-electron chi connectivity index (χ2n) is 6.13. The summed E-state index contributed by atoms with van der Waals surface area (Å²) in [7, 11) is -4.14. The van der Waals surface area contributed by atoms with Crippen LogP contribution in [0.4, 0.5) is 14.5 Å². The number of sulfonamides is 1. The van der Waals surface area contributed by atoms with Gasteiger partial charge in [-0.3, -0.25) is 4.79 Å². The minimum atomic E-state index is -4.14. The van der Waals surface area contributed by atoms with Crippen LogP contribution in [0.3, 0.4) is 0 Å². The van der Waals surface area contributed by atoms with Gasteiger partial charge in [-0.25, -0.2) is 17.2 Å². The van der Waals surface area contributed by atoms with Gasteiger partial charge in [0.2, 0.25) is 15.9 Å². The fourth-order valence-electron chi connectivity index (χ4n) is 2.96. The first kappa shape index (κ1) is 18.5. The largest absolute Gasteiger partial charge is 0.326 e. The number of hydrogen-bond acceptors (Lipinski definition) is 3. The lowest BCUT2D eigenvalue weighted by atomic mass is 9.99. The fourth-order valence-corrected chi connectivity index (χ4v) is 4.53. The molecule has 1 fully saturated rings. The highest BCUT2D eigenvalue weighted by atomic mass is 32.2. The summed E-state index contributed by atoms with van der Waals surface area (Å²) in [5.74, 6) is -2.81. The lowest BCUT2D eigenvalue weighted by molar-refractivity contribution is -0.120. The van der Waals surface area contributed by atoms with E-state index in [1.165, 1.54) is 0 Å². The highest BCUT2D eigenvalue weighted by Gasteiger charge is 2.34. The number of nitrogens with one attached hydrogen (secondary N) is 1. The molecule has 138 valence electrons. The number of halogens is 2. The van der Waals surface area contributed by atoms with Gasteiger partial charge in [0, 0.05) is 24.8 Å². The molecule has 1 aliphatic heterocycles. The Balaban J connectivity index is 1.76. The van der Waals surface area contributed by atoms with Crippen molar-refractivity contribution >= 4 is 21.6 Å². The molecule has 0 aliphatic carbocycles. The van der Waals surface area contributed by atoms with Crippen LogP contribution in [0.2, 0.25) is 0 Å². The predicted octanol–water partition coefficient (Wildman–Crippen LogP) is 3.00. The van der Waals surface area contributed by atoms with Crippen molar-refractivity contribution in [2.75, 3.05) is 18.4 Å². The second kappa shape index (κ2) is 7.51. The van der Waals surface area contributed by atoms with Crippen LogP contribution in [0.5, 0.6) is 0 Å². The number of carbonyl (C=O) groups excluding carboxylic acids is 1. The first-order chi connectivity index (χ1) is 12.4. The molecule has 5 nitrogen and oxygen atoms in total. The number of rotatable bonds is 4. The molecule has 0 bridgehead atoms.